The second-order valence-electron chi connectivity index (χ2n) is 5.72. The minimum Gasteiger partial charge on any atom is -0.373 e. The molecule has 1 heterocycles. The van der Waals surface area contributed by atoms with E-state index in [1.165, 1.54) is 22.5 Å². The van der Waals surface area contributed by atoms with Crippen LogP contribution in [0.15, 0.2) is 48.5 Å². The summed E-state index contributed by atoms with van der Waals surface area (Å²) in [5.41, 5.74) is 2.04. The van der Waals surface area contributed by atoms with Gasteiger partial charge >= 0.3 is 0 Å². The summed E-state index contributed by atoms with van der Waals surface area (Å²) >= 11 is 0. The number of sulfonamides is 1. The van der Waals surface area contributed by atoms with E-state index in [1.54, 1.807) is 6.07 Å². The Labute approximate surface area is 136 Å². The van der Waals surface area contributed by atoms with Crippen molar-refractivity contribution in [3.8, 4) is 0 Å². The molecule has 0 aromatic heterocycles. The first kappa shape index (κ1) is 15.8. The summed E-state index contributed by atoms with van der Waals surface area (Å²) in [6.45, 7) is 1.22. The zero-order valence-electron chi connectivity index (χ0n) is 12.9. The fraction of sp³-hybridized carbons (Fsp3) is 0.294. The van der Waals surface area contributed by atoms with Gasteiger partial charge < -0.3 is 4.90 Å². The van der Waals surface area contributed by atoms with Crippen LogP contribution in [0.5, 0.6) is 0 Å². The smallest absolute Gasteiger partial charge is 0.239 e. The second-order valence-corrected chi connectivity index (χ2v) is 7.62. The first-order valence-corrected chi connectivity index (χ1v) is 9.13. The molecule has 0 unspecified atom stereocenters. The normalized spacial score (nSPS) is 15.2. The minimum atomic E-state index is -3.57. The van der Waals surface area contributed by atoms with E-state index >= 15 is 0 Å². The van der Waals surface area contributed by atoms with Crippen LogP contribution in [0.1, 0.15) is 12.0 Å². The van der Waals surface area contributed by atoms with Crippen molar-refractivity contribution in [2.75, 3.05) is 29.3 Å². The molecule has 2 aromatic carbocycles. The fourth-order valence-electron chi connectivity index (χ4n) is 2.89. The van der Waals surface area contributed by atoms with Crippen LogP contribution in [0.3, 0.4) is 0 Å². The number of rotatable bonds is 3. The molecule has 6 heteroatoms. The van der Waals surface area contributed by atoms with E-state index in [0.29, 0.717) is 17.8 Å². The van der Waals surface area contributed by atoms with Crippen LogP contribution in [0.2, 0.25) is 0 Å². The summed E-state index contributed by atoms with van der Waals surface area (Å²) in [6, 6.07) is 13.2. The molecule has 4 nitrogen and oxygen atoms in total. The average Bonchev–Trinajstić information content (AvgIpc) is 2.67. The highest BCUT2D eigenvalue weighted by Crippen LogP contribution is 2.33. The van der Waals surface area contributed by atoms with E-state index in [1.807, 2.05) is 31.3 Å². The Balaban J connectivity index is 1.97. The van der Waals surface area contributed by atoms with E-state index in [0.717, 1.165) is 18.7 Å². The number of benzene rings is 2. The van der Waals surface area contributed by atoms with Crippen LogP contribution < -0.4 is 9.21 Å². The van der Waals surface area contributed by atoms with Gasteiger partial charge in [-0.3, -0.25) is 4.31 Å². The monoisotopic (exact) mass is 334 g/mol. The third kappa shape index (κ3) is 3.32. The van der Waals surface area contributed by atoms with E-state index in [-0.39, 0.29) is 5.75 Å². The Morgan fingerprint density at radius 3 is 2.52 bits per heavy atom. The Morgan fingerprint density at radius 2 is 1.78 bits per heavy atom. The molecule has 1 aliphatic rings. The molecule has 0 amide bonds. The molecule has 0 bridgehead atoms. The lowest BCUT2D eigenvalue weighted by Crippen LogP contribution is -2.32. The molecule has 0 saturated carbocycles. The van der Waals surface area contributed by atoms with Gasteiger partial charge in [0.05, 0.1) is 17.1 Å². The van der Waals surface area contributed by atoms with Crippen molar-refractivity contribution < 1.29 is 12.8 Å². The Kier molecular flexibility index (Phi) is 4.26. The Bertz CT molecular complexity index is 808. The largest absolute Gasteiger partial charge is 0.373 e. The standard InChI is InChI=1S/C17H19FN2O2S/c1-19-10-5-11-20(17-9-3-2-8-16(17)19)23(21,22)13-14-6-4-7-15(18)12-14/h2-4,6-9,12H,5,10-11,13H2,1H3. The van der Waals surface area contributed by atoms with Crippen LogP contribution in [-0.2, 0) is 15.8 Å². The van der Waals surface area contributed by atoms with Gasteiger partial charge in [-0.05, 0) is 36.2 Å². The zero-order chi connectivity index (χ0) is 16.4. The van der Waals surface area contributed by atoms with Crippen molar-refractivity contribution in [2.24, 2.45) is 0 Å². The summed E-state index contributed by atoms with van der Waals surface area (Å²) < 4.78 is 40.5. The van der Waals surface area contributed by atoms with Crippen molar-refractivity contribution in [3.63, 3.8) is 0 Å². The van der Waals surface area contributed by atoms with E-state index < -0.39 is 15.8 Å². The number of anilines is 2. The molecule has 0 atom stereocenters. The molecule has 2 aromatic rings. The molecule has 0 fully saturated rings. The predicted molar refractivity (Wildman–Crippen MR) is 90.7 cm³/mol. The molecule has 23 heavy (non-hydrogen) atoms. The van der Waals surface area contributed by atoms with Crippen molar-refractivity contribution in [2.45, 2.75) is 12.2 Å². The second kappa shape index (κ2) is 6.20. The number of para-hydroxylation sites is 2. The molecule has 0 saturated heterocycles. The topological polar surface area (TPSA) is 40.6 Å². The third-order valence-corrected chi connectivity index (χ3v) is 5.74. The lowest BCUT2D eigenvalue weighted by Gasteiger charge is -2.25. The lowest BCUT2D eigenvalue weighted by atomic mass is 10.2. The summed E-state index contributed by atoms with van der Waals surface area (Å²) in [4.78, 5) is 2.06. The van der Waals surface area contributed by atoms with Gasteiger partial charge in [-0.1, -0.05) is 24.3 Å². The van der Waals surface area contributed by atoms with Crippen LogP contribution in [-0.4, -0.2) is 28.6 Å². The summed E-state index contributed by atoms with van der Waals surface area (Å²) in [6.07, 6.45) is 0.744. The fourth-order valence-corrected chi connectivity index (χ4v) is 4.51. The van der Waals surface area contributed by atoms with Crippen LogP contribution in [0, 0.1) is 5.82 Å². The van der Waals surface area contributed by atoms with Gasteiger partial charge in [-0.2, -0.15) is 0 Å². The highest BCUT2D eigenvalue weighted by Gasteiger charge is 2.27. The van der Waals surface area contributed by atoms with Crippen molar-refractivity contribution in [1.29, 1.82) is 0 Å². The zero-order valence-corrected chi connectivity index (χ0v) is 13.8. The maximum atomic E-state index is 13.3. The molecule has 0 radical (unpaired) electrons. The number of hydrogen-bond acceptors (Lipinski definition) is 3. The lowest BCUT2D eigenvalue weighted by molar-refractivity contribution is 0.588. The maximum Gasteiger partial charge on any atom is 0.239 e. The van der Waals surface area contributed by atoms with Crippen molar-refractivity contribution in [1.82, 2.24) is 0 Å². The molecule has 1 aliphatic heterocycles. The summed E-state index contributed by atoms with van der Waals surface area (Å²) in [5.74, 6) is -0.628. The number of nitrogens with zero attached hydrogens (tertiary/aromatic N) is 2. The van der Waals surface area contributed by atoms with E-state index in [2.05, 4.69) is 4.90 Å². The van der Waals surface area contributed by atoms with Gasteiger partial charge in [0, 0.05) is 20.1 Å². The first-order valence-electron chi connectivity index (χ1n) is 7.52. The third-order valence-electron chi connectivity index (χ3n) is 3.99. The van der Waals surface area contributed by atoms with E-state index in [4.69, 9.17) is 0 Å². The highest BCUT2D eigenvalue weighted by atomic mass is 32.2. The SMILES string of the molecule is CN1CCCN(S(=O)(=O)Cc2cccc(F)c2)c2ccccc21. The Morgan fingerprint density at radius 1 is 1.04 bits per heavy atom. The molecule has 0 aliphatic carbocycles. The van der Waals surface area contributed by atoms with Gasteiger partial charge in [0.15, 0.2) is 0 Å². The summed E-state index contributed by atoms with van der Waals surface area (Å²) in [7, 11) is -1.61. The molecule has 0 N–H and O–H groups in total. The molecular formula is C17H19FN2O2S. The van der Waals surface area contributed by atoms with Gasteiger partial charge in [-0.25, -0.2) is 12.8 Å². The molecular weight excluding hydrogens is 315 g/mol. The molecule has 0 spiro atoms. The van der Waals surface area contributed by atoms with Crippen LogP contribution >= 0.6 is 0 Å². The Hall–Kier alpha value is -2.08. The van der Waals surface area contributed by atoms with Crippen molar-refractivity contribution >= 4 is 21.4 Å². The predicted octanol–water partition coefficient (Wildman–Crippen LogP) is 3.00. The van der Waals surface area contributed by atoms with Crippen LogP contribution in [0.4, 0.5) is 15.8 Å². The molecule has 3 rings (SSSR count). The number of hydrogen-bond donors (Lipinski definition) is 0. The van der Waals surface area contributed by atoms with E-state index in [9.17, 15) is 12.8 Å². The highest BCUT2D eigenvalue weighted by molar-refractivity contribution is 7.92. The van der Waals surface area contributed by atoms with Crippen LogP contribution in [0.25, 0.3) is 0 Å². The summed E-state index contributed by atoms with van der Waals surface area (Å²) in [5, 5.41) is 0. The number of halogens is 1. The molecule has 122 valence electrons. The van der Waals surface area contributed by atoms with Crippen molar-refractivity contribution in [3.05, 3.63) is 59.9 Å². The first-order chi connectivity index (χ1) is 11.0. The maximum absolute atomic E-state index is 13.3. The van der Waals surface area contributed by atoms with Gasteiger partial charge in [-0.15, -0.1) is 0 Å². The minimum absolute atomic E-state index is 0.206. The quantitative estimate of drug-likeness (QED) is 0.866. The van der Waals surface area contributed by atoms with Gasteiger partial charge in [0.25, 0.3) is 0 Å². The average molecular weight is 334 g/mol. The number of fused-ring (bicyclic) bond motifs is 1. The van der Waals surface area contributed by atoms with Gasteiger partial charge in [0.2, 0.25) is 10.0 Å². The van der Waals surface area contributed by atoms with Gasteiger partial charge in [0.1, 0.15) is 5.82 Å².